The van der Waals surface area contributed by atoms with Gasteiger partial charge >= 0.3 is 5.97 Å². The summed E-state index contributed by atoms with van der Waals surface area (Å²) in [6.45, 7) is 14.0. The standard InChI is InChI=1S/C34H38N4O4/c1-20-9-11-23(12-10-20)29-25-18-21(2)36-16-17-38(26-14-13-24(19-35-26)37-15-7-8-27(37)39)30(31(25)36)22(3)28(29)32(33(40)41)42-34(4,5)6/h9-14,18-19,32H,7-8,15-17H2,1-6H3,(H,40,41)/t32-/m0/s1. The molecule has 1 atom stereocenters. The highest BCUT2D eigenvalue weighted by Crippen LogP contribution is 2.49. The molecule has 8 heteroatoms. The van der Waals surface area contributed by atoms with Crippen LogP contribution in [0.5, 0.6) is 0 Å². The van der Waals surface area contributed by atoms with Gasteiger partial charge in [-0.15, -0.1) is 0 Å². The van der Waals surface area contributed by atoms with Gasteiger partial charge in [0.15, 0.2) is 6.10 Å². The van der Waals surface area contributed by atoms with Crippen molar-refractivity contribution in [2.75, 3.05) is 22.9 Å². The predicted molar refractivity (Wildman–Crippen MR) is 166 cm³/mol. The summed E-state index contributed by atoms with van der Waals surface area (Å²) in [5.41, 5.74) is 7.75. The quantitative estimate of drug-likeness (QED) is 0.275. The number of carboxylic acids is 1. The first-order valence-corrected chi connectivity index (χ1v) is 14.6. The van der Waals surface area contributed by atoms with Crippen molar-refractivity contribution < 1.29 is 19.4 Å². The molecule has 0 bridgehead atoms. The van der Waals surface area contributed by atoms with E-state index in [9.17, 15) is 14.7 Å². The maximum Gasteiger partial charge on any atom is 0.337 e. The Hall–Kier alpha value is -4.17. The van der Waals surface area contributed by atoms with Crippen LogP contribution in [-0.2, 0) is 20.9 Å². The van der Waals surface area contributed by atoms with Gasteiger partial charge in [-0.25, -0.2) is 9.78 Å². The number of anilines is 3. The van der Waals surface area contributed by atoms with Gasteiger partial charge in [0.25, 0.3) is 0 Å². The number of pyridine rings is 1. The molecular weight excluding hydrogens is 528 g/mol. The molecular formula is C34H38N4O4. The number of carboxylic acid groups (broad SMARTS) is 1. The van der Waals surface area contributed by atoms with Gasteiger partial charge in [0.1, 0.15) is 5.82 Å². The molecule has 0 spiro atoms. The highest BCUT2D eigenvalue weighted by Gasteiger charge is 2.36. The molecule has 1 fully saturated rings. The van der Waals surface area contributed by atoms with Crippen molar-refractivity contribution >= 4 is 40.0 Å². The minimum Gasteiger partial charge on any atom is -0.479 e. The topological polar surface area (TPSA) is 87.9 Å². The monoisotopic (exact) mass is 566 g/mol. The Kier molecular flexibility index (Phi) is 6.84. The summed E-state index contributed by atoms with van der Waals surface area (Å²) in [6, 6.07) is 14.4. The molecule has 0 unspecified atom stereocenters. The molecule has 1 amide bonds. The molecule has 2 aliphatic heterocycles. The van der Waals surface area contributed by atoms with Crippen molar-refractivity contribution in [1.82, 2.24) is 9.55 Å². The van der Waals surface area contributed by atoms with E-state index < -0.39 is 17.7 Å². The van der Waals surface area contributed by atoms with Gasteiger partial charge in [-0.05, 0) is 82.9 Å². The van der Waals surface area contributed by atoms with E-state index in [1.165, 1.54) is 0 Å². The zero-order valence-electron chi connectivity index (χ0n) is 25.2. The van der Waals surface area contributed by atoms with Gasteiger partial charge in [0, 0.05) is 42.7 Å². The predicted octanol–water partition coefficient (Wildman–Crippen LogP) is 6.85. The van der Waals surface area contributed by atoms with Crippen LogP contribution in [-0.4, -0.2) is 45.2 Å². The van der Waals surface area contributed by atoms with Crippen LogP contribution < -0.4 is 9.80 Å². The SMILES string of the molecule is Cc1ccc(-c2c([C@H](OC(C)(C)C)C(=O)O)c(C)c3c4c2cc(C)n4CCN3c2ccc(N3CCCC3=O)cn2)cc1. The molecule has 1 saturated heterocycles. The van der Waals surface area contributed by atoms with Crippen LogP contribution in [0, 0.1) is 20.8 Å². The van der Waals surface area contributed by atoms with E-state index in [0.717, 1.165) is 69.0 Å². The van der Waals surface area contributed by atoms with Gasteiger partial charge in [-0.2, -0.15) is 0 Å². The van der Waals surface area contributed by atoms with E-state index >= 15 is 0 Å². The number of carbonyl (C=O) groups excluding carboxylic acids is 1. The van der Waals surface area contributed by atoms with E-state index in [4.69, 9.17) is 9.72 Å². The van der Waals surface area contributed by atoms with Crippen molar-refractivity contribution in [1.29, 1.82) is 0 Å². The van der Waals surface area contributed by atoms with Crippen LogP contribution in [0.2, 0.25) is 0 Å². The highest BCUT2D eigenvalue weighted by atomic mass is 16.5. The van der Waals surface area contributed by atoms with Crippen LogP contribution in [0.4, 0.5) is 17.2 Å². The fourth-order valence-corrected chi connectivity index (χ4v) is 6.48. The molecule has 0 saturated carbocycles. The Morgan fingerprint density at radius 2 is 1.74 bits per heavy atom. The second kappa shape index (κ2) is 10.3. The number of aromatic nitrogens is 2. The smallest absolute Gasteiger partial charge is 0.337 e. The Morgan fingerprint density at radius 3 is 2.33 bits per heavy atom. The number of benzene rings is 2. The number of aliphatic carboxylic acids is 1. The van der Waals surface area contributed by atoms with Gasteiger partial charge in [0.2, 0.25) is 5.91 Å². The summed E-state index contributed by atoms with van der Waals surface area (Å²) in [4.78, 5) is 34.1. The zero-order chi connectivity index (χ0) is 29.9. The van der Waals surface area contributed by atoms with Crippen LogP contribution in [0.3, 0.4) is 0 Å². The first-order valence-electron chi connectivity index (χ1n) is 14.6. The first-order chi connectivity index (χ1) is 19.9. The maximum atomic E-state index is 12.9. The average molecular weight is 567 g/mol. The Labute approximate surface area is 246 Å². The molecule has 0 radical (unpaired) electrons. The average Bonchev–Trinajstić information content (AvgIpc) is 3.52. The number of hydrogen-bond donors (Lipinski definition) is 1. The molecule has 2 aromatic carbocycles. The number of carbonyl (C=O) groups is 2. The fraction of sp³-hybridized carbons (Fsp3) is 0.382. The van der Waals surface area contributed by atoms with E-state index in [0.29, 0.717) is 25.1 Å². The lowest BCUT2D eigenvalue weighted by Gasteiger charge is -2.35. The second-order valence-corrected chi connectivity index (χ2v) is 12.5. The lowest BCUT2D eigenvalue weighted by molar-refractivity contribution is -0.160. The molecule has 42 heavy (non-hydrogen) atoms. The Balaban J connectivity index is 1.61. The van der Waals surface area contributed by atoms with E-state index in [2.05, 4.69) is 46.7 Å². The van der Waals surface area contributed by atoms with Crippen molar-refractivity contribution in [2.45, 2.75) is 72.6 Å². The van der Waals surface area contributed by atoms with E-state index in [1.54, 1.807) is 11.1 Å². The minimum atomic E-state index is -1.18. The largest absolute Gasteiger partial charge is 0.479 e. The maximum absolute atomic E-state index is 12.9. The number of ether oxygens (including phenoxy) is 1. The van der Waals surface area contributed by atoms with Crippen LogP contribution >= 0.6 is 0 Å². The first kappa shape index (κ1) is 28.0. The minimum absolute atomic E-state index is 0.128. The Bertz CT molecular complexity index is 1700. The third-order valence-electron chi connectivity index (χ3n) is 8.34. The molecule has 6 rings (SSSR count). The Morgan fingerprint density at radius 1 is 1.00 bits per heavy atom. The molecule has 8 nitrogen and oxygen atoms in total. The van der Waals surface area contributed by atoms with Crippen LogP contribution in [0.1, 0.15) is 62.1 Å². The van der Waals surface area contributed by atoms with Gasteiger partial charge < -0.3 is 24.2 Å². The van der Waals surface area contributed by atoms with E-state index in [-0.39, 0.29) is 5.91 Å². The summed E-state index contributed by atoms with van der Waals surface area (Å²) in [5.74, 6) is -0.134. The summed E-state index contributed by atoms with van der Waals surface area (Å²) in [6.07, 6.45) is 2.02. The highest BCUT2D eigenvalue weighted by molar-refractivity contribution is 6.08. The van der Waals surface area contributed by atoms with Crippen LogP contribution in [0.25, 0.3) is 22.0 Å². The number of nitrogens with zero attached hydrogens (tertiary/aromatic N) is 4. The van der Waals surface area contributed by atoms with Crippen molar-refractivity contribution in [3.05, 3.63) is 71.0 Å². The summed E-state index contributed by atoms with van der Waals surface area (Å²) in [7, 11) is 0. The van der Waals surface area contributed by atoms with Gasteiger partial charge in [-0.3, -0.25) is 4.79 Å². The molecule has 0 aliphatic carbocycles. The lowest BCUT2D eigenvalue weighted by Crippen LogP contribution is -2.32. The molecule has 4 heterocycles. The zero-order valence-corrected chi connectivity index (χ0v) is 25.2. The fourth-order valence-electron chi connectivity index (χ4n) is 6.48. The molecule has 2 aromatic heterocycles. The molecule has 4 aromatic rings. The number of amides is 1. The molecule has 218 valence electrons. The second-order valence-electron chi connectivity index (χ2n) is 12.5. The number of hydrogen-bond acceptors (Lipinski definition) is 5. The van der Waals surface area contributed by atoms with E-state index in [1.807, 2.05) is 46.8 Å². The molecule has 1 N–H and O–H groups in total. The molecule has 2 aliphatic rings. The van der Waals surface area contributed by atoms with Crippen molar-refractivity contribution in [2.24, 2.45) is 0 Å². The number of aryl methyl sites for hydroxylation is 2. The van der Waals surface area contributed by atoms with Gasteiger partial charge in [-0.1, -0.05) is 29.8 Å². The third-order valence-corrected chi connectivity index (χ3v) is 8.34. The normalized spacial score (nSPS) is 16.0. The van der Waals surface area contributed by atoms with Crippen LogP contribution in [0.15, 0.2) is 48.7 Å². The summed E-state index contributed by atoms with van der Waals surface area (Å²) in [5, 5.41) is 11.6. The lowest BCUT2D eigenvalue weighted by atomic mass is 9.87. The third kappa shape index (κ3) is 4.73. The van der Waals surface area contributed by atoms with Gasteiger partial charge in [0.05, 0.1) is 28.7 Å². The summed E-state index contributed by atoms with van der Waals surface area (Å²) < 4.78 is 8.63. The van der Waals surface area contributed by atoms with Crippen molar-refractivity contribution in [3.63, 3.8) is 0 Å². The van der Waals surface area contributed by atoms with Crippen molar-refractivity contribution in [3.8, 4) is 11.1 Å². The number of rotatable bonds is 6. The summed E-state index contributed by atoms with van der Waals surface area (Å²) >= 11 is 0.